The van der Waals surface area contributed by atoms with Crippen molar-refractivity contribution >= 4 is 27.5 Å². The molecule has 0 bridgehead atoms. The van der Waals surface area contributed by atoms with Crippen molar-refractivity contribution in [3.8, 4) is 0 Å². The van der Waals surface area contributed by atoms with Gasteiger partial charge in [0.05, 0.1) is 11.4 Å². The van der Waals surface area contributed by atoms with Gasteiger partial charge in [-0.2, -0.15) is 4.31 Å². The van der Waals surface area contributed by atoms with Gasteiger partial charge >= 0.3 is 0 Å². The second kappa shape index (κ2) is 9.69. The maximum absolute atomic E-state index is 14.2. The molecule has 0 saturated carbocycles. The molecule has 0 unspecified atom stereocenters. The van der Waals surface area contributed by atoms with E-state index in [4.69, 9.17) is 11.6 Å². The molecule has 1 aliphatic heterocycles. The number of carbonyl (C=O) groups excluding carboxylic acids is 1. The smallest absolute Gasteiger partial charge is 0.243 e. The molecule has 0 N–H and O–H groups in total. The van der Waals surface area contributed by atoms with Crippen LogP contribution in [0.5, 0.6) is 0 Å². The first-order chi connectivity index (χ1) is 13.9. The van der Waals surface area contributed by atoms with Crippen molar-refractivity contribution in [1.82, 2.24) is 9.21 Å². The maximum Gasteiger partial charge on any atom is 0.243 e. The fourth-order valence-electron chi connectivity index (χ4n) is 3.37. The Hall–Kier alpha value is -1.96. The standard InChI is InChI=1S/C21H24ClFN2O3S/c22-18-9-11-19(12-10-18)29(27,28)25(15-17-7-3-4-8-20(17)23)16-21(26)24-13-5-1-2-6-14-24/h3-4,7-12H,1-2,5-6,13-16H2. The number of hydrogen-bond acceptors (Lipinski definition) is 3. The summed E-state index contributed by atoms with van der Waals surface area (Å²) in [5.41, 5.74) is 0.216. The summed E-state index contributed by atoms with van der Waals surface area (Å²) < 4.78 is 41.7. The maximum atomic E-state index is 14.2. The average Bonchev–Trinajstić information content (AvgIpc) is 2.99. The highest BCUT2D eigenvalue weighted by molar-refractivity contribution is 7.89. The number of likely N-dealkylation sites (tertiary alicyclic amines) is 1. The zero-order chi connectivity index (χ0) is 20.9. The summed E-state index contributed by atoms with van der Waals surface area (Å²) in [6.45, 7) is 0.678. The minimum Gasteiger partial charge on any atom is -0.342 e. The molecule has 1 saturated heterocycles. The second-order valence-electron chi connectivity index (χ2n) is 7.11. The van der Waals surface area contributed by atoms with Crippen molar-refractivity contribution in [2.75, 3.05) is 19.6 Å². The lowest BCUT2D eigenvalue weighted by Crippen LogP contribution is -2.43. The Kier molecular flexibility index (Phi) is 7.27. The summed E-state index contributed by atoms with van der Waals surface area (Å²) in [6, 6.07) is 11.7. The Bertz CT molecular complexity index is 943. The average molecular weight is 439 g/mol. The Morgan fingerprint density at radius 2 is 1.62 bits per heavy atom. The van der Waals surface area contributed by atoms with E-state index < -0.39 is 15.8 Å². The summed E-state index contributed by atoms with van der Waals surface area (Å²) in [7, 11) is -4.02. The van der Waals surface area contributed by atoms with Gasteiger partial charge in [0.15, 0.2) is 0 Å². The molecule has 8 heteroatoms. The van der Waals surface area contributed by atoms with E-state index >= 15 is 0 Å². The van der Waals surface area contributed by atoms with Gasteiger partial charge in [-0.15, -0.1) is 0 Å². The van der Waals surface area contributed by atoms with Crippen LogP contribution < -0.4 is 0 Å². The van der Waals surface area contributed by atoms with E-state index in [0.717, 1.165) is 30.0 Å². The first-order valence-electron chi connectivity index (χ1n) is 9.65. The largest absolute Gasteiger partial charge is 0.342 e. The van der Waals surface area contributed by atoms with Gasteiger partial charge < -0.3 is 4.90 Å². The van der Waals surface area contributed by atoms with Gasteiger partial charge in [0.25, 0.3) is 0 Å². The number of nitrogens with zero attached hydrogens (tertiary/aromatic N) is 2. The first-order valence-corrected chi connectivity index (χ1v) is 11.5. The molecule has 0 atom stereocenters. The minimum atomic E-state index is -4.02. The molecular weight excluding hydrogens is 415 g/mol. The molecule has 0 aromatic heterocycles. The summed E-state index contributed by atoms with van der Waals surface area (Å²) >= 11 is 5.87. The number of rotatable bonds is 6. The molecule has 0 radical (unpaired) electrons. The quantitative estimate of drug-likeness (QED) is 0.683. The van der Waals surface area contributed by atoms with Crippen molar-refractivity contribution in [3.05, 3.63) is 64.9 Å². The van der Waals surface area contributed by atoms with Crippen LogP contribution in [0.1, 0.15) is 31.2 Å². The summed E-state index contributed by atoms with van der Waals surface area (Å²) in [5.74, 6) is -0.771. The molecule has 5 nitrogen and oxygen atoms in total. The monoisotopic (exact) mass is 438 g/mol. The summed E-state index contributed by atoms with van der Waals surface area (Å²) in [6.07, 6.45) is 3.93. The topological polar surface area (TPSA) is 57.7 Å². The number of carbonyl (C=O) groups is 1. The number of halogens is 2. The summed E-state index contributed by atoms with van der Waals surface area (Å²) in [5, 5.41) is 0.408. The molecule has 2 aromatic carbocycles. The lowest BCUT2D eigenvalue weighted by atomic mass is 10.2. The summed E-state index contributed by atoms with van der Waals surface area (Å²) in [4.78, 5) is 14.6. The highest BCUT2D eigenvalue weighted by atomic mass is 35.5. The van der Waals surface area contributed by atoms with Crippen LogP contribution in [0.25, 0.3) is 0 Å². The fraction of sp³-hybridized carbons (Fsp3) is 0.381. The van der Waals surface area contributed by atoms with Gasteiger partial charge in [0, 0.05) is 30.2 Å². The number of benzene rings is 2. The Balaban J connectivity index is 1.89. The van der Waals surface area contributed by atoms with Crippen molar-refractivity contribution in [1.29, 1.82) is 0 Å². The van der Waals surface area contributed by atoms with Crippen LogP contribution in [0.2, 0.25) is 5.02 Å². The number of sulfonamides is 1. The normalized spacial score (nSPS) is 15.3. The van der Waals surface area contributed by atoms with Crippen LogP contribution in [0.4, 0.5) is 4.39 Å². The molecule has 1 fully saturated rings. The SMILES string of the molecule is O=C(CN(Cc1ccccc1F)S(=O)(=O)c1ccc(Cl)cc1)N1CCCCCC1. The van der Waals surface area contributed by atoms with Gasteiger partial charge in [0.1, 0.15) is 5.82 Å². The van der Waals surface area contributed by atoms with E-state index in [-0.39, 0.29) is 29.5 Å². The Morgan fingerprint density at radius 3 is 2.24 bits per heavy atom. The van der Waals surface area contributed by atoms with Gasteiger partial charge in [0.2, 0.25) is 15.9 Å². The number of hydrogen-bond donors (Lipinski definition) is 0. The van der Waals surface area contributed by atoms with Gasteiger partial charge in [-0.05, 0) is 43.2 Å². The third-order valence-corrected chi connectivity index (χ3v) is 7.08. The van der Waals surface area contributed by atoms with Crippen LogP contribution in [-0.4, -0.2) is 43.2 Å². The van der Waals surface area contributed by atoms with Crippen LogP contribution in [0.15, 0.2) is 53.4 Å². The van der Waals surface area contributed by atoms with Gasteiger partial charge in [-0.25, -0.2) is 12.8 Å². The molecule has 2 aromatic rings. The van der Waals surface area contributed by atoms with E-state index in [2.05, 4.69) is 0 Å². The first kappa shape index (κ1) is 21.7. The lowest BCUT2D eigenvalue weighted by Gasteiger charge is -2.26. The van der Waals surface area contributed by atoms with Crippen molar-refractivity contribution in [3.63, 3.8) is 0 Å². The van der Waals surface area contributed by atoms with E-state index in [0.29, 0.717) is 18.1 Å². The minimum absolute atomic E-state index is 0.0157. The predicted molar refractivity (Wildman–Crippen MR) is 110 cm³/mol. The van der Waals surface area contributed by atoms with E-state index in [9.17, 15) is 17.6 Å². The molecule has 3 rings (SSSR count). The van der Waals surface area contributed by atoms with Crippen molar-refractivity contribution < 1.29 is 17.6 Å². The molecule has 29 heavy (non-hydrogen) atoms. The molecule has 0 aliphatic carbocycles. The van der Waals surface area contributed by atoms with Gasteiger partial charge in [-0.3, -0.25) is 4.79 Å². The van der Waals surface area contributed by atoms with E-state index in [1.807, 2.05) is 0 Å². The molecular formula is C21H24ClFN2O3S. The Labute approximate surface area is 176 Å². The molecule has 1 amide bonds. The second-order valence-corrected chi connectivity index (χ2v) is 9.49. The molecule has 156 valence electrons. The molecule has 0 spiro atoms. The molecule has 1 heterocycles. The van der Waals surface area contributed by atoms with Crippen LogP contribution in [0.3, 0.4) is 0 Å². The third-order valence-electron chi connectivity index (χ3n) is 5.03. The van der Waals surface area contributed by atoms with E-state index in [1.54, 1.807) is 17.0 Å². The van der Waals surface area contributed by atoms with Crippen molar-refractivity contribution in [2.24, 2.45) is 0 Å². The number of amides is 1. The van der Waals surface area contributed by atoms with Crippen molar-refractivity contribution in [2.45, 2.75) is 37.1 Å². The van der Waals surface area contributed by atoms with Gasteiger partial charge in [-0.1, -0.05) is 42.6 Å². The third kappa shape index (κ3) is 5.56. The predicted octanol–water partition coefficient (Wildman–Crippen LogP) is 4.07. The van der Waals surface area contributed by atoms with E-state index in [1.165, 1.54) is 36.4 Å². The van der Waals surface area contributed by atoms with Crippen LogP contribution in [-0.2, 0) is 21.4 Å². The molecule has 1 aliphatic rings. The highest BCUT2D eigenvalue weighted by Gasteiger charge is 2.29. The zero-order valence-electron chi connectivity index (χ0n) is 16.1. The van der Waals surface area contributed by atoms with Crippen LogP contribution in [0, 0.1) is 5.82 Å². The lowest BCUT2D eigenvalue weighted by molar-refractivity contribution is -0.131. The highest BCUT2D eigenvalue weighted by Crippen LogP contribution is 2.22. The Morgan fingerprint density at radius 1 is 1.00 bits per heavy atom. The fourth-order valence-corrected chi connectivity index (χ4v) is 4.86. The zero-order valence-corrected chi connectivity index (χ0v) is 17.6. The van der Waals surface area contributed by atoms with Crippen LogP contribution >= 0.6 is 11.6 Å².